The first-order valence-corrected chi connectivity index (χ1v) is 9.36. The van der Waals surface area contributed by atoms with Crippen molar-refractivity contribution in [3.05, 3.63) is 0 Å². The monoisotopic (exact) mass is 284 g/mol. The van der Waals surface area contributed by atoms with Gasteiger partial charge in [0.05, 0.1) is 0 Å². The van der Waals surface area contributed by atoms with Gasteiger partial charge in [-0.25, -0.2) is 0 Å². The van der Waals surface area contributed by atoms with E-state index >= 15 is 0 Å². The number of nitrogens with zero attached hydrogens (tertiary/aromatic N) is 2. The molecule has 0 aromatic carbocycles. The average Bonchev–Trinajstić information content (AvgIpc) is 2.43. The van der Waals surface area contributed by atoms with Crippen molar-refractivity contribution in [2.24, 2.45) is 5.92 Å². The second-order valence-electron chi connectivity index (χ2n) is 6.66. The molecule has 0 saturated carbocycles. The Labute approximate surface area is 124 Å². The highest BCUT2D eigenvalue weighted by Gasteiger charge is 2.37. The minimum Gasteiger partial charge on any atom is -0.298 e. The second-order valence-corrected chi connectivity index (χ2v) is 7.98. The topological polar surface area (TPSA) is 6.48 Å². The first kappa shape index (κ1) is 15.7. The van der Waals surface area contributed by atoms with E-state index in [-0.39, 0.29) is 0 Å². The van der Waals surface area contributed by atoms with E-state index < -0.39 is 0 Å². The zero-order chi connectivity index (χ0) is 13.8. The molecule has 2 aliphatic heterocycles. The summed E-state index contributed by atoms with van der Waals surface area (Å²) >= 11 is 2.10. The van der Waals surface area contributed by atoms with Gasteiger partial charge in [0.15, 0.2) is 0 Å². The molecule has 2 saturated heterocycles. The minimum absolute atomic E-state index is 0.737. The lowest BCUT2D eigenvalue weighted by Crippen LogP contribution is -2.63. The van der Waals surface area contributed by atoms with Crippen molar-refractivity contribution in [2.45, 2.75) is 65.1 Å². The van der Waals surface area contributed by atoms with Gasteiger partial charge < -0.3 is 0 Å². The third-order valence-corrected chi connectivity index (χ3v) is 6.04. The fourth-order valence-corrected chi connectivity index (χ4v) is 4.48. The Bertz CT molecular complexity index is 269. The van der Waals surface area contributed by atoms with E-state index in [0.717, 1.165) is 24.0 Å². The van der Waals surface area contributed by atoms with Crippen LogP contribution in [0.5, 0.6) is 0 Å². The number of hydrogen-bond acceptors (Lipinski definition) is 3. The maximum atomic E-state index is 2.83. The number of rotatable bonds is 5. The molecule has 2 rings (SSSR count). The molecule has 3 heteroatoms. The maximum absolute atomic E-state index is 2.83. The van der Waals surface area contributed by atoms with Gasteiger partial charge in [0, 0.05) is 37.0 Å². The second kappa shape index (κ2) is 7.33. The molecular weight excluding hydrogens is 252 g/mol. The van der Waals surface area contributed by atoms with Crippen molar-refractivity contribution < 1.29 is 0 Å². The van der Waals surface area contributed by atoms with Crippen molar-refractivity contribution in [3.63, 3.8) is 0 Å². The Morgan fingerprint density at radius 3 is 2.63 bits per heavy atom. The molecule has 2 fully saturated rings. The van der Waals surface area contributed by atoms with Crippen LogP contribution in [0.15, 0.2) is 0 Å². The Kier molecular flexibility index (Phi) is 6.04. The molecule has 2 aliphatic rings. The Balaban J connectivity index is 2.01. The number of piperazine rings is 1. The first-order valence-electron chi connectivity index (χ1n) is 8.21. The smallest absolute Gasteiger partial charge is 0.0250 e. The van der Waals surface area contributed by atoms with E-state index in [1.54, 1.807) is 0 Å². The third kappa shape index (κ3) is 3.89. The molecular formula is C16H32N2S. The summed E-state index contributed by atoms with van der Waals surface area (Å²) in [4.78, 5) is 5.62. The maximum Gasteiger partial charge on any atom is 0.0250 e. The molecule has 0 aromatic rings. The van der Waals surface area contributed by atoms with Gasteiger partial charge in [0.25, 0.3) is 0 Å². The summed E-state index contributed by atoms with van der Waals surface area (Å²) in [7, 11) is 0. The van der Waals surface area contributed by atoms with E-state index in [2.05, 4.69) is 49.3 Å². The summed E-state index contributed by atoms with van der Waals surface area (Å²) in [5, 5.41) is 0. The molecule has 2 nitrogen and oxygen atoms in total. The molecule has 19 heavy (non-hydrogen) atoms. The lowest BCUT2D eigenvalue weighted by atomic mass is 9.91. The lowest BCUT2D eigenvalue weighted by molar-refractivity contribution is -0.0219. The van der Waals surface area contributed by atoms with Crippen LogP contribution in [0.3, 0.4) is 0 Å². The Morgan fingerprint density at radius 2 is 1.95 bits per heavy atom. The number of hydrogen-bond donors (Lipinski definition) is 0. The zero-order valence-electron chi connectivity index (χ0n) is 13.3. The van der Waals surface area contributed by atoms with Crippen LogP contribution < -0.4 is 0 Å². The Morgan fingerprint density at radius 1 is 1.16 bits per heavy atom. The summed E-state index contributed by atoms with van der Waals surface area (Å²) in [5.41, 5.74) is 0. The molecule has 0 aromatic heterocycles. The molecule has 112 valence electrons. The average molecular weight is 285 g/mol. The van der Waals surface area contributed by atoms with E-state index in [9.17, 15) is 0 Å². The molecule has 0 spiro atoms. The van der Waals surface area contributed by atoms with Gasteiger partial charge in [-0.3, -0.25) is 9.80 Å². The van der Waals surface area contributed by atoms with Gasteiger partial charge in [0.1, 0.15) is 0 Å². The van der Waals surface area contributed by atoms with E-state index in [0.29, 0.717) is 0 Å². The van der Waals surface area contributed by atoms with Crippen molar-refractivity contribution in [3.8, 4) is 0 Å². The predicted molar refractivity (Wildman–Crippen MR) is 87.0 cm³/mol. The lowest BCUT2D eigenvalue weighted by Gasteiger charge is -2.51. The van der Waals surface area contributed by atoms with Gasteiger partial charge in [0.2, 0.25) is 0 Å². The van der Waals surface area contributed by atoms with Crippen molar-refractivity contribution in [1.82, 2.24) is 9.80 Å². The molecule has 3 unspecified atom stereocenters. The quantitative estimate of drug-likeness (QED) is 0.765. The minimum atomic E-state index is 0.737. The summed E-state index contributed by atoms with van der Waals surface area (Å²) in [6, 6.07) is 2.35. The van der Waals surface area contributed by atoms with Crippen LogP contribution in [0.25, 0.3) is 0 Å². The van der Waals surface area contributed by atoms with Crippen LogP contribution in [0.1, 0.15) is 47.0 Å². The molecule has 0 bridgehead atoms. The molecule has 0 amide bonds. The molecule has 2 heterocycles. The van der Waals surface area contributed by atoms with E-state index in [1.165, 1.54) is 50.4 Å². The largest absolute Gasteiger partial charge is 0.298 e. The number of thioether (sulfide) groups is 1. The first-order chi connectivity index (χ1) is 9.13. The van der Waals surface area contributed by atoms with Gasteiger partial charge in [-0.15, -0.1) is 0 Å². The highest BCUT2D eigenvalue weighted by Crippen LogP contribution is 2.29. The van der Waals surface area contributed by atoms with Gasteiger partial charge in [-0.2, -0.15) is 11.8 Å². The SMILES string of the molecule is CCSCC(C)N1CC2CCCCN2CC1C(C)C. The molecule has 0 radical (unpaired) electrons. The van der Waals surface area contributed by atoms with E-state index in [1.807, 2.05) is 0 Å². The fourth-order valence-electron chi connectivity index (χ4n) is 3.72. The molecule has 0 aliphatic carbocycles. The number of piperidine rings is 1. The molecule has 0 N–H and O–H groups in total. The van der Waals surface area contributed by atoms with Gasteiger partial charge in [-0.05, 0) is 38.0 Å². The van der Waals surface area contributed by atoms with Gasteiger partial charge in [-0.1, -0.05) is 27.2 Å². The van der Waals surface area contributed by atoms with Crippen LogP contribution in [0, 0.1) is 5.92 Å². The highest BCUT2D eigenvalue weighted by molar-refractivity contribution is 7.99. The molecule has 3 atom stereocenters. The summed E-state index contributed by atoms with van der Waals surface area (Å²) < 4.78 is 0. The Hall–Kier alpha value is 0.270. The van der Waals surface area contributed by atoms with Crippen LogP contribution in [-0.4, -0.2) is 59.1 Å². The van der Waals surface area contributed by atoms with Crippen LogP contribution in [0.2, 0.25) is 0 Å². The fraction of sp³-hybridized carbons (Fsp3) is 1.00. The predicted octanol–water partition coefficient (Wildman–Crippen LogP) is 3.32. The summed E-state index contributed by atoms with van der Waals surface area (Å²) in [6.45, 7) is 13.5. The standard InChI is InChI=1S/C16H32N2S/c1-5-19-12-14(4)18-10-15-8-6-7-9-17(15)11-16(18)13(2)3/h13-16H,5-12H2,1-4H3. The highest BCUT2D eigenvalue weighted by atomic mass is 32.2. The van der Waals surface area contributed by atoms with Crippen LogP contribution in [-0.2, 0) is 0 Å². The summed E-state index contributed by atoms with van der Waals surface area (Å²) in [6.07, 6.45) is 4.29. The number of fused-ring (bicyclic) bond motifs is 1. The zero-order valence-corrected chi connectivity index (χ0v) is 14.1. The van der Waals surface area contributed by atoms with Crippen LogP contribution >= 0.6 is 11.8 Å². The van der Waals surface area contributed by atoms with Crippen molar-refractivity contribution >= 4 is 11.8 Å². The van der Waals surface area contributed by atoms with Gasteiger partial charge >= 0.3 is 0 Å². The van der Waals surface area contributed by atoms with Crippen molar-refractivity contribution in [2.75, 3.05) is 31.1 Å². The van der Waals surface area contributed by atoms with Crippen LogP contribution in [0.4, 0.5) is 0 Å². The summed E-state index contributed by atoms with van der Waals surface area (Å²) in [5.74, 6) is 3.32. The van der Waals surface area contributed by atoms with E-state index in [4.69, 9.17) is 0 Å². The normalized spacial score (nSPS) is 31.4. The third-order valence-electron chi connectivity index (χ3n) is 4.92. The van der Waals surface area contributed by atoms with Crippen molar-refractivity contribution in [1.29, 1.82) is 0 Å².